The van der Waals surface area contributed by atoms with E-state index in [-0.39, 0.29) is 0 Å². The smallest absolute Gasteiger partial charge is 0.320 e. The maximum absolute atomic E-state index is 5.91. The maximum atomic E-state index is 5.91. The van der Waals surface area contributed by atoms with Crippen LogP contribution in [0, 0.1) is 0 Å². The number of anilines is 2. The number of thioether (sulfide) groups is 1. The fraction of sp³-hybridized carbons (Fsp3) is 0.0500. The van der Waals surface area contributed by atoms with E-state index < -0.39 is 0 Å². The van der Waals surface area contributed by atoms with Crippen LogP contribution >= 0.6 is 23.4 Å². The zero-order chi connectivity index (χ0) is 18.5. The van der Waals surface area contributed by atoms with Crippen LogP contribution in [0.4, 0.5) is 11.7 Å². The van der Waals surface area contributed by atoms with Crippen molar-refractivity contribution < 1.29 is 4.42 Å². The van der Waals surface area contributed by atoms with Gasteiger partial charge in [-0.3, -0.25) is 4.98 Å². The summed E-state index contributed by atoms with van der Waals surface area (Å²) in [7, 11) is 0. The van der Waals surface area contributed by atoms with Gasteiger partial charge < -0.3 is 9.73 Å². The van der Waals surface area contributed by atoms with Crippen molar-refractivity contribution in [3.05, 3.63) is 83.6 Å². The molecule has 0 unspecified atom stereocenters. The number of nitrogens with one attached hydrogen (secondary N) is 1. The normalized spacial score (nSPS) is 10.7. The second-order valence-corrected chi connectivity index (χ2v) is 7.14. The molecule has 4 aromatic rings. The lowest BCUT2D eigenvalue weighted by Gasteiger charge is -2.06. The Balaban J connectivity index is 1.52. The molecule has 27 heavy (non-hydrogen) atoms. The van der Waals surface area contributed by atoms with E-state index in [1.807, 2.05) is 42.5 Å². The van der Waals surface area contributed by atoms with Crippen LogP contribution in [0.1, 0.15) is 5.56 Å². The van der Waals surface area contributed by atoms with Crippen LogP contribution in [0.15, 0.2) is 82.4 Å². The van der Waals surface area contributed by atoms with E-state index in [2.05, 4.69) is 26.6 Å². The molecule has 2 aromatic carbocycles. The van der Waals surface area contributed by atoms with Gasteiger partial charge in [0.1, 0.15) is 0 Å². The number of hydrogen-bond acceptors (Lipinski definition) is 6. The van der Waals surface area contributed by atoms with Crippen molar-refractivity contribution in [1.29, 1.82) is 0 Å². The van der Waals surface area contributed by atoms with Crippen molar-refractivity contribution in [2.45, 2.75) is 10.6 Å². The minimum Gasteiger partial charge on any atom is -0.403 e. The number of benzene rings is 2. The molecule has 0 amide bonds. The third-order valence-corrected chi connectivity index (χ3v) is 5.18. The average Bonchev–Trinajstić information content (AvgIpc) is 3.17. The van der Waals surface area contributed by atoms with E-state index >= 15 is 0 Å². The Kier molecular flexibility index (Phi) is 5.37. The van der Waals surface area contributed by atoms with Crippen LogP contribution in [-0.2, 0) is 5.75 Å². The molecule has 0 bridgehead atoms. The Morgan fingerprint density at radius 2 is 1.70 bits per heavy atom. The molecule has 1 N–H and O–H groups in total. The number of rotatable bonds is 6. The molecule has 0 radical (unpaired) electrons. The first kappa shape index (κ1) is 17.6. The van der Waals surface area contributed by atoms with Crippen LogP contribution in [0.2, 0.25) is 5.02 Å². The summed E-state index contributed by atoms with van der Waals surface area (Å²) in [6.45, 7) is 0. The lowest BCUT2D eigenvalue weighted by Crippen LogP contribution is -1.89. The van der Waals surface area contributed by atoms with Gasteiger partial charge in [0.05, 0.1) is 5.56 Å². The lowest BCUT2D eigenvalue weighted by atomic mass is 10.2. The van der Waals surface area contributed by atoms with Gasteiger partial charge >= 0.3 is 6.01 Å². The molecule has 0 saturated carbocycles. The summed E-state index contributed by atoms with van der Waals surface area (Å²) >= 11 is 7.62. The van der Waals surface area contributed by atoms with Gasteiger partial charge in [0, 0.05) is 33.8 Å². The van der Waals surface area contributed by atoms with E-state index in [1.165, 1.54) is 5.56 Å². The van der Waals surface area contributed by atoms with Gasteiger partial charge in [-0.1, -0.05) is 28.8 Å². The number of halogens is 1. The Bertz CT molecular complexity index is 1020. The Labute approximate surface area is 165 Å². The topological polar surface area (TPSA) is 63.8 Å². The van der Waals surface area contributed by atoms with Gasteiger partial charge in [0.2, 0.25) is 0 Å². The second kappa shape index (κ2) is 8.24. The highest BCUT2D eigenvalue weighted by Gasteiger charge is 2.13. The van der Waals surface area contributed by atoms with Gasteiger partial charge in [-0.15, -0.1) is 16.9 Å². The maximum Gasteiger partial charge on any atom is 0.320 e. The number of aromatic nitrogens is 3. The van der Waals surface area contributed by atoms with Crippen molar-refractivity contribution in [2.75, 3.05) is 5.32 Å². The first-order valence-corrected chi connectivity index (χ1v) is 9.61. The Hall–Kier alpha value is -2.83. The highest BCUT2D eigenvalue weighted by molar-refractivity contribution is 7.98. The summed E-state index contributed by atoms with van der Waals surface area (Å²) in [5, 5.41) is 12.0. The van der Waals surface area contributed by atoms with Crippen LogP contribution < -0.4 is 5.32 Å². The quantitative estimate of drug-likeness (QED) is 0.415. The number of hydrogen-bond donors (Lipinski definition) is 1. The third kappa shape index (κ3) is 4.48. The largest absolute Gasteiger partial charge is 0.403 e. The molecule has 2 heterocycles. The molecule has 134 valence electrons. The minimum atomic E-state index is 0.334. The SMILES string of the molecule is Clc1ccc(Nc2nnc(-c3ccccc3SCc3ccncc3)o2)cc1. The number of nitrogens with zero attached hydrogens (tertiary/aromatic N) is 3. The summed E-state index contributed by atoms with van der Waals surface area (Å²) in [5.74, 6) is 1.31. The minimum absolute atomic E-state index is 0.334. The van der Waals surface area contributed by atoms with E-state index in [4.69, 9.17) is 16.0 Å². The molecule has 0 aliphatic rings. The summed E-state index contributed by atoms with van der Waals surface area (Å²) in [6.07, 6.45) is 3.60. The lowest BCUT2D eigenvalue weighted by molar-refractivity contribution is 0.586. The monoisotopic (exact) mass is 394 g/mol. The molecule has 4 rings (SSSR count). The summed E-state index contributed by atoms with van der Waals surface area (Å²) in [5.41, 5.74) is 2.95. The van der Waals surface area contributed by atoms with E-state index in [0.29, 0.717) is 16.9 Å². The van der Waals surface area contributed by atoms with Gasteiger partial charge in [-0.25, -0.2) is 0 Å². The van der Waals surface area contributed by atoms with Crippen LogP contribution in [0.3, 0.4) is 0 Å². The molecule has 0 saturated heterocycles. The molecular formula is C20H15ClN4OS. The van der Waals surface area contributed by atoms with Crippen molar-refractivity contribution in [2.24, 2.45) is 0 Å². The highest BCUT2D eigenvalue weighted by atomic mass is 35.5. The molecule has 0 atom stereocenters. The molecule has 0 fully saturated rings. The summed E-state index contributed by atoms with van der Waals surface area (Å²) < 4.78 is 5.81. The van der Waals surface area contributed by atoms with Crippen molar-refractivity contribution in [3.63, 3.8) is 0 Å². The molecule has 5 nitrogen and oxygen atoms in total. The first-order chi connectivity index (χ1) is 13.3. The van der Waals surface area contributed by atoms with Gasteiger partial charge in [-0.05, 0) is 54.1 Å². The van der Waals surface area contributed by atoms with Crippen molar-refractivity contribution in [1.82, 2.24) is 15.2 Å². The fourth-order valence-corrected chi connectivity index (χ4v) is 3.57. The Morgan fingerprint density at radius 3 is 2.52 bits per heavy atom. The molecule has 0 aliphatic heterocycles. The van der Waals surface area contributed by atoms with Crippen molar-refractivity contribution >= 4 is 35.1 Å². The van der Waals surface area contributed by atoms with E-state index in [0.717, 1.165) is 21.9 Å². The molecular weight excluding hydrogens is 380 g/mol. The van der Waals surface area contributed by atoms with Crippen molar-refractivity contribution in [3.8, 4) is 11.5 Å². The first-order valence-electron chi connectivity index (χ1n) is 8.25. The predicted molar refractivity (Wildman–Crippen MR) is 108 cm³/mol. The highest BCUT2D eigenvalue weighted by Crippen LogP contribution is 2.33. The molecule has 2 aromatic heterocycles. The van der Waals surface area contributed by atoms with Gasteiger partial charge in [0.15, 0.2) is 0 Å². The predicted octanol–water partition coefficient (Wildman–Crippen LogP) is 5.82. The molecule has 0 aliphatic carbocycles. The van der Waals surface area contributed by atoms with Gasteiger partial charge in [0.25, 0.3) is 5.89 Å². The zero-order valence-corrected chi connectivity index (χ0v) is 15.7. The molecule has 7 heteroatoms. The molecule has 0 spiro atoms. The summed E-state index contributed by atoms with van der Waals surface area (Å²) in [6, 6.07) is 19.7. The van der Waals surface area contributed by atoms with Crippen LogP contribution in [-0.4, -0.2) is 15.2 Å². The zero-order valence-electron chi connectivity index (χ0n) is 14.2. The second-order valence-electron chi connectivity index (χ2n) is 5.68. The average molecular weight is 395 g/mol. The van der Waals surface area contributed by atoms with Crippen LogP contribution in [0.25, 0.3) is 11.5 Å². The number of pyridine rings is 1. The standard InChI is InChI=1S/C20H15ClN4OS/c21-15-5-7-16(8-6-15)23-20-25-24-19(26-20)17-3-1-2-4-18(17)27-13-14-9-11-22-12-10-14/h1-12H,13H2,(H,23,25). The summed E-state index contributed by atoms with van der Waals surface area (Å²) in [4.78, 5) is 5.13. The van der Waals surface area contributed by atoms with Gasteiger partial charge in [-0.2, -0.15) is 0 Å². The van der Waals surface area contributed by atoms with Crippen LogP contribution in [0.5, 0.6) is 0 Å². The fourth-order valence-electron chi connectivity index (χ4n) is 2.45. The Morgan fingerprint density at radius 1 is 0.926 bits per heavy atom. The third-order valence-electron chi connectivity index (χ3n) is 3.78. The van der Waals surface area contributed by atoms with E-state index in [9.17, 15) is 0 Å². The van der Waals surface area contributed by atoms with E-state index in [1.54, 1.807) is 36.3 Å².